The zero-order valence-corrected chi connectivity index (χ0v) is 12.6. The molecule has 104 valence electrons. The highest BCUT2D eigenvalue weighted by atomic mass is 32.2. The van der Waals surface area contributed by atoms with Gasteiger partial charge in [-0.3, -0.25) is 4.79 Å². The van der Waals surface area contributed by atoms with Gasteiger partial charge in [0.05, 0.1) is 13.0 Å². The maximum atomic E-state index is 11.5. The van der Waals surface area contributed by atoms with Crippen molar-refractivity contribution in [3.05, 3.63) is 59.7 Å². The highest BCUT2D eigenvalue weighted by Gasteiger charge is 2.07. The molecule has 0 unspecified atom stereocenters. The zero-order valence-electron chi connectivity index (χ0n) is 11.8. The van der Waals surface area contributed by atoms with Crippen LogP contribution in [0.5, 0.6) is 0 Å². The third kappa shape index (κ3) is 4.14. The molecule has 0 saturated carbocycles. The van der Waals surface area contributed by atoms with Crippen LogP contribution in [0.4, 0.5) is 0 Å². The Kier molecular flexibility index (Phi) is 5.24. The number of esters is 1. The average molecular weight is 286 g/mol. The standard InChI is InChI=1S/C17H18O2S/c1-3-19-17(18)12-14-9-10-16(11-13(14)2)20-15-7-5-4-6-8-15/h4-11H,3,12H2,1-2H3. The second-order valence-corrected chi connectivity index (χ2v) is 5.63. The number of rotatable bonds is 5. The molecule has 0 aliphatic rings. The van der Waals surface area contributed by atoms with Crippen LogP contribution in [0.1, 0.15) is 18.1 Å². The maximum absolute atomic E-state index is 11.5. The van der Waals surface area contributed by atoms with Gasteiger partial charge in [0, 0.05) is 9.79 Å². The molecule has 0 amide bonds. The van der Waals surface area contributed by atoms with E-state index in [-0.39, 0.29) is 5.97 Å². The van der Waals surface area contributed by atoms with Crippen LogP contribution in [0.15, 0.2) is 58.3 Å². The first-order chi connectivity index (χ1) is 9.69. The molecule has 3 heteroatoms. The van der Waals surface area contributed by atoms with Gasteiger partial charge >= 0.3 is 5.97 Å². The molecular weight excluding hydrogens is 268 g/mol. The van der Waals surface area contributed by atoms with E-state index in [0.29, 0.717) is 13.0 Å². The Balaban J connectivity index is 2.08. The minimum absolute atomic E-state index is 0.168. The number of aryl methyl sites for hydroxylation is 1. The first-order valence-electron chi connectivity index (χ1n) is 6.67. The molecule has 0 spiro atoms. The average Bonchev–Trinajstić information content (AvgIpc) is 2.43. The Labute approximate surface area is 124 Å². The molecule has 2 aromatic carbocycles. The molecule has 20 heavy (non-hydrogen) atoms. The van der Waals surface area contributed by atoms with Crippen LogP contribution in [0.25, 0.3) is 0 Å². The molecule has 0 aromatic heterocycles. The first-order valence-corrected chi connectivity index (χ1v) is 7.48. The summed E-state index contributed by atoms with van der Waals surface area (Å²) in [6.07, 6.45) is 0.343. The van der Waals surface area contributed by atoms with Gasteiger partial charge in [0.15, 0.2) is 0 Å². The molecule has 0 aliphatic carbocycles. The third-order valence-electron chi connectivity index (χ3n) is 2.93. The summed E-state index contributed by atoms with van der Waals surface area (Å²) in [5.41, 5.74) is 2.15. The molecule has 2 nitrogen and oxygen atoms in total. The van der Waals surface area contributed by atoms with Crippen molar-refractivity contribution in [3.63, 3.8) is 0 Å². The lowest BCUT2D eigenvalue weighted by Crippen LogP contribution is -2.08. The van der Waals surface area contributed by atoms with Crippen LogP contribution < -0.4 is 0 Å². The summed E-state index contributed by atoms with van der Waals surface area (Å²) in [7, 11) is 0. The van der Waals surface area contributed by atoms with Crippen molar-refractivity contribution in [2.45, 2.75) is 30.1 Å². The van der Waals surface area contributed by atoms with Crippen molar-refractivity contribution in [3.8, 4) is 0 Å². The van der Waals surface area contributed by atoms with Gasteiger partial charge in [0.2, 0.25) is 0 Å². The summed E-state index contributed by atoms with van der Waals surface area (Å²) in [6.45, 7) is 4.29. The SMILES string of the molecule is CCOC(=O)Cc1ccc(Sc2ccccc2)cc1C. The van der Waals surface area contributed by atoms with E-state index < -0.39 is 0 Å². The van der Waals surface area contributed by atoms with E-state index in [0.717, 1.165) is 11.1 Å². The minimum atomic E-state index is -0.168. The fourth-order valence-corrected chi connectivity index (χ4v) is 2.86. The van der Waals surface area contributed by atoms with Crippen LogP contribution in [-0.4, -0.2) is 12.6 Å². The van der Waals surface area contributed by atoms with E-state index >= 15 is 0 Å². The maximum Gasteiger partial charge on any atom is 0.310 e. The second-order valence-electron chi connectivity index (χ2n) is 4.49. The molecule has 0 aliphatic heterocycles. The van der Waals surface area contributed by atoms with Crippen LogP contribution in [0.2, 0.25) is 0 Å². The van der Waals surface area contributed by atoms with Crippen molar-refractivity contribution in [1.82, 2.24) is 0 Å². The van der Waals surface area contributed by atoms with E-state index in [1.807, 2.05) is 38.1 Å². The highest BCUT2D eigenvalue weighted by molar-refractivity contribution is 7.99. The molecule has 0 radical (unpaired) electrons. The van der Waals surface area contributed by atoms with E-state index in [4.69, 9.17) is 4.74 Å². The van der Waals surface area contributed by atoms with Crippen LogP contribution >= 0.6 is 11.8 Å². The van der Waals surface area contributed by atoms with Gasteiger partial charge in [-0.25, -0.2) is 0 Å². The molecule has 0 fully saturated rings. The summed E-state index contributed by atoms with van der Waals surface area (Å²) in [5.74, 6) is -0.168. The Morgan fingerprint density at radius 3 is 2.50 bits per heavy atom. The van der Waals surface area contributed by atoms with Crippen LogP contribution in [0, 0.1) is 6.92 Å². The lowest BCUT2D eigenvalue weighted by molar-refractivity contribution is -0.142. The monoisotopic (exact) mass is 286 g/mol. The van der Waals surface area contributed by atoms with E-state index in [1.54, 1.807) is 11.8 Å². The predicted octanol–water partition coefficient (Wildman–Crippen LogP) is 4.25. The van der Waals surface area contributed by atoms with Crippen LogP contribution in [0.3, 0.4) is 0 Å². The summed E-state index contributed by atoms with van der Waals surface area (Å²) < 4.78 is 4.98. The van der Waals surface area contributed by atoms with Crippen molar-refractivity contribution in [2.24, 2.45) is 0 Å². The molecule has 2 aromatic rings. The van der Waals surface area contributed by atoms with Gasteiger partial charge in [0.1, 0.15) is 0 Å². The van der Waals surface area contributed by atoms with Gasteiger partial charge in [-0.05, 0) is 49.2 Å². The molecule has 2 rings (SSSR count). The number of ether oxygens (including phenoxy) is 1. The molecular formula is C17H18O2S. The van der Waals surface area contributed by atoms with E-state index in [1.165, 1.54) is 9.79 Å². The van der Waals surface area contributed by atoms with Gasteiger partial charge in [-0.1, -0.05) is 36.0 Å². The largest absolute Gasteiger partial charge is 0.466 e. The lowest BCUT2D eigenvalue weighted by atomic mass is 10.1. The normalized spacial score (nSPS) is 10.3. The van der Waals surface area contributed by atoms with Gasteiger partial charge in [-0.15, -0.1) is 0 Å². The Morgan fingerprint density at radius 1 is 1.10 bits per heavy atom. The Bertz CT molecular complexity index is 579. The molecule has 0 N–H and O–H groups in total. The van der Waals surface area contributed by atoms with Gasteiger partial charge < -0.3 is 4.74 Å². The van der Waals surface area contributed by atoms with Crippen molar-refractivity contribution >= 4 is 17.7 Å². The topological polar surface area (TPSA) is 26.3 Å². The van der Waals surface area contributed by atoms with Crippen molar-refractivity contribution in [1.29, 1.82) is 0 Å². The summed E-state index contributed by atoms with van der Waals surface area (Å²) in [4.78, 5) is 13.9. The van der Waals surface area contributed by atoms with E-state index in [9.17, 15) is 4.79 Å². The summed E-state index contributed by atoms with van der Waals surface area (Å²) in [6, 6.07) is 16.4. The van der Waals surface area contributed by atoms with Gasteiger partial charge in [-0.2, -0.15) is 0 Å². The molecule has 0 bridgehead atoms. The smallest absolute Gasteiger partial charge is 0.310 e. The number of benzene rings is 2. The lowest BCUT2D eigenvalue weighted by Gasteiger charge is -2.08. The number of hydrogen-bond acceptors (Lipinski definition) is 3. The number of hydrogen-bond donors (Lipinski definition) is 0. The Morgan fingerprint density at radius 2 is 1.85 bits per heavy atom. The highest BCUT2D eigenvalue weighted by Crippen LogP contribution is 2.28. The minimum Gasteiger partial charge on any atom is -0.466 e. The first kappa shape index (κ1) is 14.7. The fraction of sp³-hybridized carbons (Fsp3) is 0.235. The predicted molar refractivity (Wildman–Crippen MR) is 82.1 cm³/mol. The van der Waals surface area contributed by atoms with E-state index in [2.05, 4.69) is 24.3 Å². The van der Waals surface area contributed by atoms with Crippen molar-refractivity contribution in [2.75, 3.05) is 6.61 Å². The second kappa shape index (κ2) is 7.15. The quantitative estimate of drug-likeness (QED) is 0.769. The Hall–Kier alpha value is -1.74. The summed E-state index contributed by atoms with van der Waals surface area (Å²) in [5, 5.41) is 0. The molecule has 0 atom stereocenters. The molecule has 0 heterocycles. The third-order valence-corrected chi connectivity index (χ3v) is 3.93. The fourth-order valence-electron chi connectivity index (χ4n) is 1.92. The number of carbonyl (C=O) groups excluding carboxylic acids is 1. The summed E-state index contributed by atoms with van der Waals surface area (Å²) >= 11 is 1.72. The van der Waals surface area contributed by atoms with Crippen molar-refractivity contribution < 1.29 is 9.53 Å². The molecule has 0 saturated heterocycles. The van der Waals surface area contributed by atoms with Crippen LogP contribution in [-0.2, 0) is 16.0 Å². The van der Waals surface area contributed by atoms with Gasteiger partial charge in [0.25, 0.3) is 0 Å². The zero-order chi connectivity index (χ0) is 14.4. The number of carbonyl (C=O) groups is 1.